The van der Waals surface area contributed by atoms with Crippen LogP contribution in [-0.2, 0) is 9.59 Å². The zero-order valence-corrected chi connectivity index (χ0v) is 11.4. The molecule has 0 amide bonds. The summed E-state index contributed by atoms with van der Waals surface area (Å²) < 4.78 is -1.75. The van der Waals surface area contributed by atoms with E-state index in [0.29, 0.717) is 0 Å². The van der Waals surface area contributed by atoms with Crippen molar-refractivity contribution >= 4 is 46.6 Å². The molecule has 0 aromatic heterocycles. The van der Waals surface area contributed by atoms with Gasteiger partial charge in [-0.3, -0.25) is 9.59 Å². The van der Waals surface area contributed by atoms with E-state index in [1.54, 1.807) is 13.8 Å². The SMILES string of the molecule is CC(=O)C([C@H]1[C@@H](C(=O)O)C1(C)C)C(Cl)(Cl)Cl. The molecule has 1 fully saturated rings. The number of rotatable bonds is 3. The van der Waals surface area contributed by atoms with E-state index >= 15 is 0 Å². The van der Waals surface area contributed by atoms with Gasteiger partial charge in [0.15, 0.2) is 0 Å². The maximum Gasteiger partial charge on any atom is 0.307 e. The molecule has 0 bridgehead atoms. The van der Waals surface area contributed by atoms with Gasteiger partial charge in [0.25, 0.3) is 0 Å². The van der Waals surface area contributed by atoms with Gasteiger partial charge in [0.05, 0.1) is 11.8 Å². The van der Waals surface area contributed by atoms with E-state index in [1.807, 2.05) is 0 Å². The minimum atomic E-state index is -1.75. The van der Waals surface area contributed by atoms with Gasteiger partial charge in [0.1, 0.15) is 5.78 Å². The Labute approximate surface area is 109 Å². The zero-order chi connectivity index (χ0) is 12.9. The molecule has 3 nitrogen and oxygen atoms in total. The molecule has 16 heavy (non-hydrogen) atoms. The van der Waals surface area contributed by atoms with Gasteiger partial charge in [-0.2, -0.15) is 0 Å². The minimum Gasteiger partial charge on any atom is -0.481 e. The quantitative estimate of drug-likeness (QED) is 0.812. The molecule has 92 valence electrons. The smallest absolute Gasteiger partial charge is 0.307 e. The number of carboxylic acid groups (broad SMARTS) is 1. The molecular weight excluding hydrogens is 274 g/mol. The first-order valence-corrected chi connectivity index (χ1v) is 5.94. The van der Waals surface area contributed by atoms with Crippen LogP contribution >= 0.6 is 34.8 Å². The highest BCUT2D eigenvalue weighted by Gasteiger charge is 2.68. The number of Topliss-reactive ketones (excluding diaryl/α,β-unsaturated/α-hetero) is 1. The Morgan fingerprint density at radius 3 is 1.94 bits per heavy atom. The number of carboxylic acids is 1. The summed E-state index contributed by atoms with van der Waals surface area (Å²) in [5, 5.41) is 9.02. The first-order valence-electron chi connectivity index (χ1n) is 4.81. The number of carbonyl (C=O) groups excluding carboxylic acids is 1. The Bertz CT molecular complexity index is 333. The highest BCUT2D eigenvalue weighted by molar-refractivity contribution is 6.68. The van der Waals surface area contributed by atoms with E-state index in [0.717, 1.165) is 0 Å². The molecule has 1 aliphatic rings. The van der Waals surface area contributed by atoms with Crippen LogP contribution in [0.4, 0.5) is 0 Å². The van der Waals surface area contributed by atoms with Crippen LogP contribution in [0.3, 0.4) is 0 Å². The van der Waals surface area contributed by atoms with Crippen molar-refractivity contribution in [3.63, 3.8) is 0 Å². The zero-order valence-electron chi connectivity index (χ0n) is 9.13. The Balaban J connectivity index is 3.01. The van der Waals surface area contributed by atoms with E-state index < -0.39 is 32.9 Å². The number of hydrogen-bond donors (Lipinski definition) is 1. The van der Waals surface area contributed by atoms with Gasteiger partial charge < -0.3 is 5.11 Å². The highest BCUT2D eigenvalue weighted by Crippen LogP contribution is 2.65. The van der Waals surface area contributed by atoms with Crippen LogP contribution in [0.1, 0.15) is 20.8 Å². The van der Waals surface area contributed by atoms with Crippen molar-refractivity contribution in [2.75, 3.05) is 0 Å². The molecule has 0 aromatic carbocycles. The Kier molecular flexibility index (Phi) is 3.55. The van der Waals surface area contributed by atoms with E-state index in [9.17, 15) is 9.59 Å². The lowest BCUT2D eigenvalue weighted by atomic mass is 9.95. The number of ketones is 1. The van der Waals surface area contributed by atoms with Crippen LogP contribution in [0.5, 0.6) is 0 Å². The average molecular weight is 288 g/mol. The fourth-order valence-electron chi connectivity index (χ4n) is 2.46. The van der Waals surface area contributed by atoms with Crippen molar-refractivity contribution in [2.45, 2.75) is 24.6 Å². The van der Waals surface area contributed by atoms with Crippen molar-refractivity contribution in [2.24, 2.45) is 23.2 Å². The molecular formula is C10H13Cl3O3. The summed E-state index contributed by atoms with van der Waals surface area (Å²) in [6, 6.07) is 0. The van der Waals surface area contributed by atoms with Crippen molar-refractivity contribution < 1.29 is 14.7 Å². The van der Waals surface area contributed by atoms with E-state index in [1.165, 1.54) is 6.92 Å². The van der Waals surface area contributed by atoms with Crippen LogP contribution in [0.25, 0.3) is 0 Å². The highest BCUT2D eigenvalue weighted by atomic mass is 35.6. The van der Waals surface area contributed by atoms with Gasteiger partial charge in [-0.25, -0.2) is 0 Å². The molecule has 1 aliphatic carbocycles. The summed E-state index contributed by atoms with van der Waals surface area (Å²) in [6.07, 6.45) is 0. The first-order chi connectivity index (χ1) is 7.01. The van der Waals surface area contributed by atoms with E-state index in [2.05, 4.69) is 0 Å². The molecule has 0 radical (unpaired) electrons. The van der Waals surface area contributed by atoms with Crippen LogP contribution in [0, 0.1) is 23.2 Å². The molecule has 0 saturated heterocycles. The summed E-state index contributed by atoms with van der Waals surface area (Å²) >= 11 is 17.2. The van der Waals surface area contributed by atoms with Gasteiger partial charge in [-0.15, -0.1) is 0 Å². The molecule has 1 N–H and O–H groups in total. The van der Waals surface area contributed by atoms with Crippen molar-refractivity contribution in [3.05, 3.63) is 0 Å². The van der Waals surface area contributed by atoms with Crippen LogP contribution in [0.2, 0.25) is 0 Å². The predicted octanol–water partition coefficient (Wildman–Crippen LogP) is 2.92. The van der Waals surface area contributed by atoms with Crippen LogP contribution in [-0.4, -0.2) is 20.7 Å². The second kappa shape index (κ2) is 4.04. The Hall–Kier alpha value is 0.01000. The summed E-state index contributed by atoms with van der Waals surface area (Å²) in [4.78, 5) is 22.5. The molecule has 6 heteroatoms. The van der Waals surface area contributed by atoms with Crippen molar-refractivity contribution in [1.82, 2.24) is 0 Å². The third-order valence-electron chi connectivity index (χ3n) is 3.33. The summed E-state index contributed by atoms with van der Waals surface area (Å²) in [5.41, 5.74) is -0.508. The van der Waals surface area contributed by atoms with Gasteiger partial charge >= 0.3 is 5.97 Å². The fourth-order valence-corrected chi connectivity index (χ4v) is 3.33. The second-order valence-corrected chi connectivity index (χ2v) is 7.16. The Morgan fingerprint density at radius 2 is 1.75 bits per heavy atom. The minimum absolute atomic E-state index is 0.290. The predicted molar refractivity (Wildman–Crippen MR) is 62.9 cm³/mol. The van der Waals surface area contributed by atoms with Gasteiger partial charge in [0, 0.05) is 0 Å². The first kappa shape index (κ1) is 14.1. The Morgan fingerprint density at radius 1 is 1.31 bits per heavy atom. The van der Waals surface area contributed by atoms with Crippen molar-refractivity contribution in [1.29, 1.82) is 0 Å². The van der Waals surface area contributed by atoms with Crippen molar-refractivity contribution in [3.8, 4) is 0 Å². The van der Waals surface area contributed by atoms with Gasteiger partial charge in [-0.05, 0) is 18.3 Å². The van der Waals surface area contributed by atoms with Crippen LogP contribution in [0.15, 0.2) is 0 Å². The molecule has 1 unspecified atom stereocenters. The number of hydrogen-bond acceptors (Lipinski definition) is 2. The molecule has 0 heterocycles. The third-order valence-corrected chi connectivity index (χ3v) is 4.03. The summed E-state index contributed by atoms with van der Waals surface area (Å²) in [5.74, 6) is -3.15. The number of alkyl halides is 3. The third kappa shape index (κ3) is 2.31. The number of carbonyl (C=O) groups is 2. The topological polar surface area (TPSA) is 54.4 Å². The molecule has 3 atom stereocenters. The maximum absolute atomic E-state index is 11.5. The lowest BCUT2D eigenvalue weighted by molar-refractivity contribution is -0.139. The summed E-state index contributed by atoms with van der Waals surface area (Å²) in [7, 11) is 0. The average Bonchev–Trinajstić information content (AvgIpc) is 2.49. The van der Waals surface area contributed by atoms with Gasteiger partial charge in [-0.1, -0.05) is 48.7 Å². The normalized spacial score (nSPS) is 29.6. The summed E-state index contributed by atoms with van der Waals surface area (Å²) in [6.45, 7) is 4.85. The van der Waals surface area contributed by atoms with Crippen LogP contribution < -0.4 is 0 Å². The second-order valence-electron chi connectivity index (χ2n) is 4.79. The lowest BCUT2D eigenvalue weighted by Crippen LogP contribution is -2.30. The maximum atomic E-state index is 11.5. The standard InChI is InChI=1S/C10H13Cl3O3/c1-4(14)5(10(11,12)13)6-7(8(15)16)9(6,2)3/h5-7H,1-3H3,(H,15,16)/t5?,6-,7-/m0/s1. The molecule has 1 rings (SSSR count). The lowest BCUT2D eigenvalue weighted by Gasteiger charge is -2.23. The van der Waals surface area contributed by atoms with E-state index in [4.69, 9.17) is 39.9 Å². The molecule has 0 aliphatic heterocycles. The fraction of sp³-hybridized carbons (Fsp3) is 0.800. The van der Waals surface area contributed by atoms with Gasteiger partial charge in [0.2, 0.25) is 3.79 Å². The number of halogens is 3. The molecule has 0 spiro atoms. The number of aliphatic carboxylic acids is 1. The molecule has 1 saturated carbocycles. The largest absolute Gasteiger partial charge is 0.481 e. The van der Waals surface area contributed by atoms with E-state index in [-0.39, 0.29) is 5.78 Å². The monoisotopic (exact) mass is 286 g/mol. The molecule has 0 aromatic rings.